The average Bonchev–Trinajstić information content (AvgIpc) is 2.34. The summed E-state index contributed by atoms with van der Waals surface area (Å²) in [5.74, 6) is 0. The lowest BCUT2D eigenvalue weighted by atomic mass is 9.76. The molecule has 18 heavy (non-hydrogen) atoms. The van der Waals surface area contributed by atoms with Gasteiger partial charge in [-0.2, -0.15) is 0 Å². The van der Waals surface area contributed by atoms with E-state index < -0.39 is 0 Å². The van der Waals surface area contributed by atoms with Crippen LogP contribution in [0.1, 0.15) is 44.6 Å². The van der Waals surface area contributed by atoms with Crippen molar-refractivity contribution in [2.24, 2.45) is 5.41 Å². The molecule has 0 atom stereocenters. The molecule has 0 amide bonds. The molecule has 0 unspecified atom stereocenters. The van der Waals surface area contributed by atoms with E-state index in [-0.39, 0.29) is 0 Å². The molecule has 0 radical (unpaired) electrons. The summed E-state index contributed by atoms with van der Waals surface area (Å²) < 4.78 is 0. The Bertz CT molecular complexity index is 397. The fraction of sp³-hybridized carbons (Fsp3) is 0.600. The lowest BCUT2D eigenvalue weighted by Crippen LogP contribution is -2.33. The zero-order valence-electron chi connectivity index (χ0n) is 11.1. The number of nitrogens with two attached hydrogens (primary N) is 1. The highest BCUT2D eigenvalue weighted by Crippen LogP contribution is 2.35. The van der Waals surface area contributed by atoms with Gasteiger partial charge in [-0.05, 0) is 36.0 Å². The fourth-order valence-corrected chi connectivity index (χ4v) is 2.97. The van der Waals surface area contributed by atoms with Gasteiger partial charge in [-0.1, -0.05) is 43.9 Å². The molecule has 1 saturated carbocycles. The summed E-state index contributed by atoms with van der Waals surface area (Å²) >= 11 is 6.02. The van der Waals surface area contributed by atoms with Gasteiger partial charge < -0.3 is 11.1 Å². The van der Waals surface area contributed by atoms with Crippen molar-refractivity contribution in [3.05, 3.63) is 28.8 Å². The third-order valence-corrected chi connectivity index (χ3v) is 4.33. The molecular formula is C15H23ClN2. The molecule has 2 rings (SSSR count). The van der Waals surface area contributed by atoms with Crippen LogP contribution in [0, 0.1) is 5.41 Å². The van der Waals surface area contributed by atoms with Gasteiger partial charge in [0.05, 0.1) is 10.7 Å². The van der Waals surface area contributed by atoms with Gasteiger partial charge in [-0.25, -0.2) is 0 Å². The molecule has 0 spiro atoms. The van der Waals surface area contributed by atoms with Crippen LogP contribution in [-0.4, -0.2) is 6.54 Å². The van der Waals surface area contributed by atoms with Crippen molar-refractivity contribution in [3.63, 3.8) is 0 Å². The molecule has 0 aromatic heterocycles. The quantitative estimate of drug-likeness (QED) is 0.809. The number of hydrogen-bond acceptors (Lipinski definition) is 2. The Morgan fingerprint density at radius 1 is 1.28 bits per heavy atom. The number of nitrogens with one attached hydrogen (secondary N) is 1. The van der Waals surface area contributed by atoms with Gasteiger partial charge in [-0.3, -0.25) is 0 Å². The number of hydrogen-bond donors (Lipinski definition) is 2. The van der Waals surface area contributed by atoms with Gasteiger partial charge >= 0.3 is 0 Å². The van der Waals surface area contributed by atoms with Gasteiger partial charge in [0.1, 0.15) is 0 Å². The molecule has 1 aromatic rings. The van der Waals surface area contributed by atoms with Gasteiger partial charge in [0.25, 0.3) is 0 Å². The Labute approximate surface area is 115 Å². The number of benzene rings is 1. The van der Waals surface area contributed by atoms with Gasteiger partial charge in [0, 0.05) is 13.1 Å². The minimum atomic E-state index is 0.482. The number of halogens is 1. The van der Waals surface area contributed by atoms with Crippen molar-refractivity contribution in [2.75, 3.05) is 12.3 Å². The Morgan fingerprint density at radius 2 is 2.00 bits per heavy atom. The zero-order valence-corrected chi connectivity index (χ0v) is 11.9. The highest BCUT2D eigenvalue weighted by Gasteiger charge is 2.25. The van der Waals surface area contributed by atoms with E-state index in [1.54, 1.807) is 0 Å². The van der Waals surface area contributed by atoms with Gasteiger partial charge in [-0.15, -0.1) is 0 Å². The normalized spacial score (nSPS) is 18.8. The van der Waals surface area contributed by atoms with E-state index in [2.05, 4.69) is 12.2 Å². The number of nitrogen functional groups attached to an aromatic ring is 1. The van der Waals surface area contributed by atoms with E-state index in [1.807, 2.05) is 18.2 Å². The Balaban J connectivity index is 1.82. The molecule has 3 N–H and O–H groups in total. The van der Waals surface area contributed by atoms with Crippen LogP contribution in [-0.2, 0) is 6.54 Å². The minimum absolute atomic E-state index is 0.482. The van der Waals surface area contributed by atoms with Crippen LogP contribution in [0.25, 0.3) is 0 Å². The minimum Gasteiger partial charge on any atom is -0.398 e. The fourth-order valence-electron chi connectivity index (χ4n) is 2.77. The number of anilines is 1. The molecule has 0 aliphatic heterocycles. The summed E-state index contributed by atoms with van der Waals surface area (Å²) in [6.45, 7) is 4.36. The maximum absolute atomic E-state index is 6.02. The summed E-state index contributed by atoms with van der Waals surface area (Å²) in [5, 5.41) is 4.21. The van der Waals surface area contributed by atoms with E-state index in [1.165, 1.54) is 37.7 Å². The van der Waals surface area contributed by atoms with E-state index in [9.17, 15) is 0 Å². The van der Waals surface area contributed by atoms with Crippen molar-refractivity contribution in [1.29, 1.82) is 0 Å². The predicted octanol–water partition coefficient (Wildman–Crippen LogP) is 3.98. The summed E-state index contributed by atoms with van der Waals surface area (Å²) in [7, 11) is 0. The summed E-state index contributed by atoms with van der Waals surface area (Å²) in [4.78, 5) is 0. The van der Waals surface area contributed by atoms with E-state index in [4.69, 9.17) is 17.3 Å². The molecule has 1 fully saturated rings. The molecular weight excluding hydrogens is 244 g/mol. The first-order chi connectivity index (χ1) is 8.59. The molecule has 1 aromatic carbocycles. The van der Waals surface area contributed by atoms with Gasteiger partial charge in [0.2, 0.25) is 0 Å². The second-order valence-corrected chi connectivity index (χ2v) is 6.24. The van der Waals surface area contributed by atoms with Gasteiger partial charge in [0.15, 0.2) is 0 Å². The summed E-state index contributed by atoms with van der Waals surface area (Å²) in [5.41, 5.74) is 8.04. The first-order valence-corrected chi connectivity index (χ1v) is 7.21. The van der Waals surface area contributed by atoms with Crippen molar-refractivity contribution < 1.29 is 0 Å². The second-order valence-electron chi connectivity index (χ2n) is 5.83. The molecule has 1 aliphatic rings. The highest BCUT2D eigenvalue weighted by molar-refractivity contribution is 6.33. The summed E-state index contributed by atoms with van der Waals surface area (Å²) in [6, 6.07) is 5.87. The Kier molecular flexibility index (Phi) is 4.52. The lowest BCUT2D eigenvalue weighted by Gasteiger charge is -2.33. The Hall–Kier alpha value is -0.730. The monoisotopic (exact) mass is 266 g/mol. The molecule has 0 saturated heterocycles. The second kappa shape index (κ2) is 5.94. The van der Waals surface area contributed by atoms with E-state index in [0.29, 0.717) is 16.1 Å². The van der Waals surface area contributed by atoms with Crippen molar-refractivity contribution in [1.82, 2.24) is 5.32 Å². The molecule has 2 nitrogen and oxygen atoms in total. The van der Waals surface area contributed by atoms with Crippen molar-refractivity contribution in [2.45, 2.75) is 45.6 Å². The van der Waals surface area contributed by atoms with Crippen molar-refractivity contribution >= 4 is 17.3 Å². The highest BCUT2D eigenvalue weighted by atomic mass is 35.5. The topological polar surface area (TPSA) is 38.0 Å². The molecule has 100 valence electrons. The first-order valence-electron chi connectivity index (χ1n) is 6.84. The first kappa shape index (κ1) is 13.7. The molecule has 3 heteroatoms. The smallest absolute Gasteiger partial charge is 0.0638 e. The molecule has 1 aliphatic carbocycles. The Morgan fingerprint density at radius 3 is 2.67 bits per heavy atom. The lowest BCUT2D eigenvalue weighted by molar-refractivity contribution is 0.207. The van der Waals surface area contributed by atoms with Crippen LogP contribution in [0.4, 0.5) is 5.69 Å². The van der Waals surface area contributed by atoms with E-state index in [0.717, 1.165) is 13.1 Å². The van der Waals surface area contributed by atoms with Crippen LogP contribution in [0.15, 0.2) is 18.2 Å². The number of rotatable bonds is 4. The van der Waals surface area contributed by atoms with Crippen LogP contribution in [0.5, 0.6) is 0 Å². The largest absolute Gasteiger partial charge is 0.398 e. The van der Waals surface area contributed by atoms with E-state index >= 15 is 0 Å². The predicted molar refractivity (Wildman–Crippen MR) is 78.8 cm³/mol. The molecule has 0 bridgehead atoms. The maximum Gasteiger partial charge on any atom is 0.0638 e. The summed E-state index contributed by atoms with van der Waals surface area (Å²) in [6.07, 6.45) is 6.87. The van der Waals surface area contributed by atoms with Crippen LogP contribution >= 0.6 is 11.6 Å². The average molecular weight is 267 g/mol. The van der Waals surface area contributed by atoms with Crippen molar-refractivity contribution in [3.8, 4) is 0 Å². The van der Waals surface area contributed by atoms with Crippen LogP contribution < -0.4 is 11.1 Å². The zero-order chi connectivity index (χ0) is 13.0. The third kappa shape index (κ3) is 3.63. The van der Waals surface area contributed by atoms with Crippen LogP contribution in [0.3, 0.4) is 0 Å². The standard InChI is InChI=1S/C15H23ClN2/c1-15(7-3-2-4-8-15)11-18-10-12-5-6-14(17)13(16)9-12/h5-6,9,18H,2-4,7-8,10-11,17H2,1H3. The maximum atomic E-state index is 6.02. The third-order valence-electron chi connectivity index (χ3n) is 4.01. The SMILES string of the molecule is CC1(CNCc2ccc(N)c(Cl)c2)CCCCC1. The molecule has 0 heterocycles. The van der Waals surface area contributed by atoms with Crippen LogP contribution in [0.2, 0.25) is 5.02 Å².